The second-order valence-electron chi connectivity index (χ2n) is 6.61. The normalized spacial score (nSPS) is 14.4. The minimum atomic E-state index is 0. The Morgan fingerprint density at radius 2 is 1.61 bits per heavy atom. The van der Waals surface area contributed by atoms with E-state index in [1.807, 2.05) is 0 Å². The Labute approximate surface area is 183 Å². The minimum Gasteiger partial charge on any atom is -0.0804 e. The van der Waals surface area contributed by atoms with Gasteiger partial charge in [-0.25, -0.2) is 0 Å². The molecule has 2 aromatic carbocycles. The van der Waals surface area contributed by atoms with Crippen molar-refractivity contribution in [1.82, 2.24) is 0 Å². The minimum absolute atomic E-state index is 0. The maximum Gasteiger partial charge on any atom is 1.00 e. The summed E-state index contributed by atoms with van der Waals surface area (Å²) >= 11 is 0. The van der Waals surface area contributed by atoms with Gasteiger partial charge in [-0.2, -0.15) is 0 Å². The summed E-state index contributed by atoms with van der Waals surface area (Å²) in [6.07, 6.45) is 8.90. The van der Waals surface area contributed by atoms with Crippen molar-refractivity contribution < 1.29 is 59.1 Å². The summed E-state index contributed by atoms with van der Waals surface area (Å²) in [5.74, 6) is 0. The van der Waals surface area contributed by atoms with Crippen molar-refractivity contribution in [3.8, 4) is 11.1 Å². The largest absolute Gasteiger partial charge is 1.00 e. The van der Waals surface area contributed by atoms with Gasteiger partial charge in [0.2, 0.25) is 0 Å². The Morgan fingerprint density at radius 1 is 0.870 bits per heavy atom. The topological polar surface area (TPSA) is 0 Å². The van der Waals surface area contributed by atoms with Gasteiger partial charge in [-0.1, -0.05) is 80.1 Å². The number of hydrogen-bond donors (Lipinski definition) is 0. The van der Waals surface area contributed by atoms with Crippen molar-refractivity contribution in [3.05, 3.63) is 83.0 Å². The molecule has 0 spiro atoms. The molecular weight excluding hydrogens is 298 g/mol. The van der Waals surface area contributed by atoms with Crippen LogP contribution in [-0.4, -0.2) is 0 Å². The molecule has 0 amide bonds. The fraction of sp³-hybridized carbons (Fsp3) is 0.238. The van der Waals surface area contributed by atoms with Crippen LogP contribution in [0.3, 0.4) is 0 Å². The van der Waals surface area contributed by atoms with Crippen LogP contribution in [0.1, 0.15) is 37.0 Å². The molecule has 4 rings (SSSR count). The first kappa shape index (κ1) is 19.2. The predicted molar refractivity (Wildman–Crippen MR) is 89.6 cm³/mol. The first-order valence-corrected chi connectivity index (χ1v) is 7.75. The average molecular weight is 318 g/mol. The van der Waals surface area contributed by atoms with E-state index in [1.165, 1.54) is 33.4 Å². The van der Waals surface area contributed by atoms with Crippen molar-refractivity contribution in [2.75, 3.05) is 0 Å². The molecular formula is C21H20Na2+2. The third-order valence-corrected chi connectivity index (χ3v) is 5.10. The number of benzene rings is 2. The van der Waals surface area contributed by atoms with E-state index in [0.29, 0.717) is 0 Å². The second-order valence-corrected chi connectivity index (χ2v) is 6.61. The van der Waals surface area contributed by atoms with Gasteiger partial charge < -0.3 is 0 Å². The van der Waals surface area contributed by atoms with Crippen molar-refractivity contribution in [2.45, 2.75) is 32.1 Å². The summed E-state index contributed by atoms with van der Waals surface area (Å²) < 4.78 is 0. The van der Waals surface area contributed by atoms with Crippen LogP contribution in [-0.2, 0) is 11.8 Å². The van der Waals surface area contributed by atoms with Gasteiger partial charge in [0.25, 0.3) is 0 Å². The van der Waals surface area contributed by atoms with Crippen LogP contribution in [0.4, 0.5) is 0 Å². The van der Waals surface area contributed by atoms with Gasteiger partial charge >= 0.3 is 59.1 Å². The van der Waals surface area contributed by atoms with E-state index in [1.54, 1.807) is 0 Å². The molecule has 104 valence electrons. The van der Waals surface area contributed by atoms with Crippen molar-refractivity contribution in [3.63, 3.8) is 0 Å². The zero-order chi connectivity index (χ0) is 14.4. The zero-order valence-electron chi connectivity index (χ0n) is 14.7. The predicted octanol–water partition coefficient (Wildman–Crippen LogP) is -0.570. The Hall–Kier alpha value is -0.0800. The average Bonchev–Trinajstić information content (AvgIpc) is 3.14. The molecule has 0 atom stereocenters. The molecule has 23 heavy (non-hydrogen) atoms. The summed E-state index contributed by atoms with van der Waals surface area (Å²) in [4.78, 5) is 0. The molecule has 0 aromatic heterocycles. The van der Waals surface area contributed by atoms with Gasteiger partial charge in [0.1, 0.15) is 0 Å². The monoisotopic (exact) mass is 318 g/mol. The van der Waals surface area contributed by atoms with E-state index in [4.69, 9.17) is 0 Å². The SMILES string of the molecule is CC(C)(C1=CC=CC1)c1cccc2c1Cc1ccccc1-2.[Na+].[Na+]. The molecule has 0 fully saturated rings. The molecule has 0 nitrogen and oxygen atoms in total. The van der Waals surface area contributed by atoms with Crippen LogP contribution >= 0.6 is 0 Å². The second kappa shape index (κ2) is 7.44. The molecule has 0 heterocycles. The van der Waals surface area contributed by atoms with Crippen LogP contribution in [0.25, 0.3) is 11.1 Å². The van der Waals surface area contributed by atoms with Crippen LogP contribution in [0.5, 0.6) is 0 Å². The van der Waals surface area contributed by atoms with Gasteiger partial charge in [0.05, 0.1) is 0 Å². The fourth-order valence-electron chi connectivity index (χ4n) is 3.83. The van der Waals surface area contributed by atoms with E-state index >= 15 is 0 Å². The summed E-state index contributed by atoms with van der Waals surface area (Å²) in [6.45, 7) is 4.73. The van der Waals surface area contributed by atoms with Gasteiger partial charge in [-0.3, -0.25) is 0 Å². The Kier molecular flexibility index (Phi) is 6.22. The molecule has 2 aromatic rings. The molecule has 2 aliphatic carbocycles. The molecule has 0 radical (unpaired) electrons. The first-order chi connectivity index (χ1) is 10.2. The maximum atomic E-state index is 2.37. The van der Waals surface area contributed by atoms with Crippen LogP contribution in [0.15, 0.2) is 66.3 Å². The number of rotatable bonds is 2. The third-order valence-electron chi connectivity index (χ3n) is 5.10. The number of allylic oxidation sites excluding steroid dienone is 4. The molecule has 0 N–H and O–H groups in total. The quantitative estimate of drug-likeness (QED) is 0.555. The van der Waals surface area contributed by atoms with Crippen LogP contribution < -0.4 is 59.1 Å². The maximum absolute atomic E-state index is 2.37. The zero-order valence-corrected chi connectivity index (χ0v) is 18.7. The summed E-state index contributed by atoms with van der Waals surface area (Å²) in [5, 5.41) is 0. The molecule has 0 unspecified atom stereocenters. The van der Waals surface area contributed by atoms with E-state index in [0.717, 1.165) is 12.8 Å². The first-order valence-electron chi connectivity index (χ1n) is 7.75. The van der Waals surface area contributed by atoms with Gasteiger partial charge in [0, 0.05) is 5.41 Å². The smallest absolute Gasteiger partial charge is 0.0804 e. The van der Waals surface area contributed by atoms with E-state index in [-0.39, 0.29) is 64.5 Å². The molecule has 0 saturated heterocycles. The van der Waals surface area contributed by atoms with Gasteiger partial charge in [-0.05, 0) is 40.7 Å². The van der Waals surface area contributed by atoms with Crippen LogP contribution in [0, 0.1) is 0 Å². The summed E-state index contributed by atoms with van der Waals surface area (Å²) in [7, 11) is 0. The Balaban J connectivity index is 0.000000960. The van der Waals surface area contributed by atoms with Gasteiger partial charge in [0.15, 0.2) is 0 Å². The Morgan fingerprint density at radius 3 is 2.35 bits per heavy atom. The van der Waals surface area contributed by atoms with E-state index < -0.39 is 0 Å². The molecule has 0 saturated carbocycles. The summed E-state index contributed by atoms with van der Waals surface area (Å²) in [5.41, 5.74) is 8.96. The molecule has 0 aliphatic heterocycles. The standard InChI is InChI=1S/C21H20.2Na/c1-21(2,16-9-4-5-10-16)20-13-7-12-18-17-11-6-3-8-15(17)14-19(18)20;;/h3-9,11-13H,10,14H2,1-2H3;;/q;2*+1. The molecule has 0 bridgehead atoms. The van der Waals surface area contributed by atoms with E-state index in [9.17, 15) is 0 Å². The van der Waals surface area contributed by atoms with Crippen molar-refractivity contribution in [1.29, 1.82) is 0 Å². The Bertz CT molecular complexity index is 782. The number of hydrogen-bond acceptors (Lipinski definition) is 0. The number of fused-ring (bicyclic) bond motifs is 3. The van der Waals surface area contributed by atoms with Crippen LogP contribution in [0.2, 0.25) is 0 Å². The van der Waals surface area contributed by atoms with Gasteiger partial charge in [-0.15, -0.1) is 0 Å². The van der Waals surface area contributed by atoms with Crippen molar-refractivity contribution >= 4 is 0 Å². The van der Waals surface area contributed by atoms with Crippen molar-refractivity contribution in [2.24, 2.45) is 0 Å². The van der Waals surface area contributed by atoms with E-state index in [2.05, 4.69) is 74.5 Å². The fourth-order valence-corrected chi connectivity index (χ4v) is 3.83. The third kappa shape index (κ3) is 3.23. The molecule has 2 aliphatic rings. The molecule has 2 heteroatoms. The summed E-state index contributed by atoms with van der Waals surface area (Å²) in [6, 6.07) is 15.7.